The molecule has 27 heavy (non-hydrogen) atoms. The molecule has 3 heterocycles. The fourth-order valence-corrected chi connectivity index (χ4v) is 3.49. The van der Waals surface area contributed by atoms with Crippen molar-refractivity contribution in [3.8, 4) is 22.8 Å². The summed E-state index contributed by atoms with van der Waals surface area (Å²) in [6, 6.07) is 18.2. The molecule has 0 saturated carbocycles. The van der Waals surface area contributed by atoms with Crippen LogP contribution in [-0.4, -0.2) is 16.2 Å². The van der Waals surface area contributed by atoms with E-state index in [4.69, 9.17) is 14.5 Å². The van der Waals surface area contributed by atoms with Gasteiger partial charge in [0.15, 0.2) is 11.5 Å². The maximum atomic E-state index is 5.55. The zero-order chi connectivity index (χ0) is 18.4. The first-order valence-electron chi connectivity index (χ1n) is 8.91. The number of ether oxygens (including phenoxy) is 2. The van der Waals surface area contributed by atoms with E-state index in [1.165, 1.54) is 11.1 Å². The van der Waals surface area contributed by atoms with Crippen molar-refractivity contribution < 1.29 is 9.47 Å². The van der Waals surface area contributed by atoms with Gasteiger partial charge in [-0.15, -0.1) is 0 Å². The zero-order valence-electron chi connectivity index (χ0n) is 15.2. The third-order valence-corrected chi connectivity index (χ3v) is 4.90. The van der Waals surface area contributed by atoms with Gasteiger partial charge in [-0.25, -0.2) is 4.98 Å². The molecule has 0 atom stereocenters. The van der Waals surface area contributed by atoms with Gasteiger partial charge in [0.1, 0.15) is 17.2 Å². The lowest BCUT2D eigenvalue weighted by Crippen LogP contribution is -2.00. The third-order valence-electron chi connectivity index (χ3n) is 4.90. The molecule has 1 N–H and O–H groups in total. The van der Waals surface area contributed by atoms with E-state index in [0.29, 0.717) is 0 Å². The molecule has 0 fully saturated rings. The van der Waals surface area contributed by atoms with Gasteiger partial charge >= 0.3 is 0 Å². The van der Waals surface area contributed by atoms with Gasteiger partial charge in [0, 0.05) is 17.4 Å². The second-order valence-electron chi connectivity index (χ2n) is 6.70. The lowest BCUT2D eigenvalue weighted by molar-refractivity contribution is 0.174. The summed E-state index contributed by atoms with van der Waals surface area (Å²) < 4.78 is 13.1. The highest BCUT2D eigenvalue weighted by Crippen LogP contribution is 2.39. The normalized spacial score (nSPS) is 12.5. The van der Waals surface area contributed by atoms with E-state index in [9.17, 15) is 0 Å². The van der Waals surface area contributed by atoms with Gasteiger partial charge in [-0.05, 0) is 55.3 Å². The summed E-state index contributed by atoms with van der Waals surface area (Å²) >= 11 is 0. The molecule has 0 aliphatic carbocycles. The van der Waals surface area contributed by atoms with E-state index in [0.717, 1.165) is 39.9 Å². The molecular formula is C22H19N3O2. The molecule has 5 heteroatoms. The van der Waals surface area contributed by atoms with Crippen LogP contribution in [0.15, 0.2) is 60.8 Å². The Morgan fingerprint density at radius 3 is 2.59 bits per heavy atom. The SMILES string of the molecule is Cc1cccc(C)c1Nc1c(-c2ccc3c(c2)OCO3)nc2ccccn12. The van der Waals surface area contributed by atoms with Gasteiger partial charge in [-0.3, -0.25) is 4.40 Å². The van der Waals surface area contributed by atoms with E-state index in [2.05, 4.69) is 41.8 Å². The number of hydrogen-bond donors (Lipinski definition) is 1. The van der Waals surface area contributed by atoms with Crippen molar-refractivity contribution in [2.24, 2.45) is 0 Å². The van der Waals surface area contributed by atoms with Crippen LogP contribution < -0.4 is 14.8 Å². The Morgan fingerprint density at radius 2 is 1.74 bits per heavy atom. The van der Waals surface area contributed by atoms with Gasteiger partial charge in [0.05, 0.1) is 0 Å². The van der Waals surface area contributed by atoms with E-state index in [1.54, 1.807) is 0 Å². The first-order chi connectivity index (χ1) is 13.2. The highest BCUT2D eigenvalue weighted by atomic mass is 16.7. The molecule has 0 radical (unpaired) electrons. The second-order valence-corrected chi connectivity index (χ2v) is 6.70. The monoisotopic (exact) mass is 357 g/mol. The fraction of sp³-hybridized carbons (Fsp3) is 0.136. The molecule has 0 spiro atoms. The summed E-state index contributed by atoms with van der Waals surface area (Å²) in [7, 11) is 0. The largest absolute Gasteiger partial charge is 0.454 e. The number of benzene rings is 2. The molecule has 1 aliphatic rings. The third kappa shape index (κ3) is 2.59. The van der Waals surface area contributed by atoms with Crippen molar-refractivity contribution in [3.05, 3.63) is 71.9 Å². The number of aromatic nitrogens is 2. The number of anilines is 2. The van der Waals surface area contributed by atoms with Crippen LogP contribution in [0, 0.1) is 13.8 Å². The average Bonchev–Trinajstić information content (AvgIpc) is 3.29. The van der Waals surface area contributed by atoms with Crippen LogP contribution in [0.4, 0.5) is 11.5 Å². The zero-order valence-corrected chi connectivity index (χ0v) is 15.2. The van der Waals surface area contributed by atoms with Gasteiger partial charge in [0.2, 0.25) is 6.79 Å². The average molecular weight is 357 g/mol. The summed E-state index contributed by atoms with van der Waals surface area (Å²) in [5.74, 6) is 2.45. The maximum absolute atomic E-state index is 5.55. The molecular weight excluding hydrogens is 338 g/mol. The molecule has 1 aliphatic heterocycles. The minimum Gasteiger partial charge on any atom is -0.454 e. The summed E-state index contributed by atoms with van der Waals surface area (Å²) in [4.78, 5) is 4.87. The molecule has 134 valence electrons. The van der Waals surface area contributed by atoms with Crippen LogP contribution >= 0.6 is 0 Å². The Hall–Kier alpha value is -3.47. The standard InChI is InChI=1S/C22H19N3O2/c1-14-6-5-7-15(2)20(14)24-22-21(23-19-8-3-4-11-25(19)22)16-9-10-17-18(12-16)27-13-26-17/h3-12,24H,13H2,1-2H3. The number of nitrogens with zero attached hydrogens (tertiary/aromatic N) is 2. The topological polar surface area (TPSA) is 47.8 Å². The van der Waals surface area contributed by atoms with Crippen molar-refractivity contribution in [3.63, 3.8) is 0 Å². The number of hydrogen-bond acceptors (Lipinski definition) is 4. The van der Waals surface area contributed by atoms with Crippen LogP contribution in [0.2, 0.25) is 0 Å². The Balaban J connectivity index is 1.70. The molecule has 0 saturated heterocycles. The molecule has 0 bridgehead atoms. The van der Waals surface area contributed by atoms with E-state index < -0.39 is 0 Å². The molecule has 2 aromatic heterocycles. The summed E-state index contributed by atoms with van der Waals surface area (Å²) in [5, 5.41) is 3.63. The minimum absolute atomic E-state index is 0.261. The Labute approximate surface area is 157 Å². The molecule has 5 nitrogen and oxygen atoms in total. The fourth-order valence-electron chi connectivity index (χ4n) is 3.49. The van der Waals surface area contributed by atoms with Gasteiger partial charge < -0.3 is 14.8 Å². The second kappa shape index (κ2) is 6.06. The van der Waals surface area contributed by atoms with Crippen LogP contribution in [-0.2, 0) is 0 Å². The first kappa shape index (κ1) is 15.8. The number of rotatable bonds is 3. The molecule has 0 unspecified atom stereocenters. The molecule has 0 amide bonds. The maximum Gasteiger partial charge on any atom is 0.231 e. The quantitative estimate of drug-likeness (QED) is 0.555. The predicted molar refractivity (Wildman–Crippen MR) is 106 cm³/mol. The van der Waals surface area contributed by atoms with Gasteiger partial charge in [-0.1, -0.05) is 24.3 Å². The lowest BCUT2D eigenvalue weighted by Gasteiger charge is -2.14. The number of imidazole rings is 1. The van der Waals surface area contributed by atoms with Crippen LogP contribution in [0.1, 0.15) is 11.1 Å². The van der Waals surface area contributed by atoms with Crippen LogP contribution in [0.25, 0.3) is 16.9 Å². The Bertz CT molecular complexity index is 1140. The van der Waals surface area contributed by atoms with E-state index in [-0.39, 0.29) is 6.79 Å². The van der Waals surface area contributed by atoms with Crippen LogP contribution in [0.5, 0.6) is 11.5 Å². The summed E-state index contributed by atoms with van der Waals surface area (Å²) in [6.45, 7) is 4.48. The van der Waals surface area contributed by atoms with Crippen molar-refractivity contribution in [2.45, 2.75) is 13.8 Å². The minimum atomic E-state index is 0.261. The molecule has 2 aromatic carbocycles. The lowest BCUT2D eigenvalue weighted by atomic mass is 10.1. The van der Waals surface area contributed by atoms with Crippen molar-refractivity contribution >= 4 is 17.2 Å². The molecule has 5 rings (SSSR count). The number of aryl methyl sites for hydroxylation is 2. The highest BCUT2D eigenvalue weighted by Gasteiger charge is 2.19. The Morgan fingerprint density at radius 1 is 0.926 bits per heavy atom. The smallest absolute Gasteiger partial charge is 0.231 e. The number of nitrogens with one attached hydrogen (secondary N) is 1. The van der Waals surface area contributed by atoms with Gasteiger partial charge in [0.25, 0.3) is 0 Å². The van der Waals surface area contributed by atoms with E-state index in [1.807, 2.05) is 42.6 Å². The first-order valence-corrected chi connectivity index (χ1v) is 8.91. The van der Waals surface area contributed by atoms with Crippen molar-refractivity contribution in [2.75, 3.05) is 12.1 Å². The number of para-hydroxylation sites is 1. The van der Waals surface area contributed by atoms with E-state index >= 15 is 0 Å². The highest BCUT2D eigenvalue weighted by molar-refractivity contribution is 5.82. The van der Waals surface area contributed by atoms with Crippen molar-refractivity contribution in [1.82, 2.24) is 9.38 Å². The van der Waals surface area contributed by atoms with Gasteiger partial charge in [-0.2, -0.15) is 0 Å². The summed E-state index contributed by atoms with van der Waals surface area (Å²) in [5.41, 5.74) is 6.23. The van der Waals surface area contributed by atoms with Crippen molar-refractivity contribution in [1.29, 1.82) is 0 Å². The van der Waals surface area contributed by atoms with Crippen LogP contribution in [0.3, 0.4) is 0 Å². The predicted octanol–water partition coefficient (Wildman–Crippen LogP) is 5.09. The Kier molecular flexibility index (Phi) is 3.53. The number of pyridine rings is 1. The molecule has 4 aromatic rings. The summed E-state index contributed by atoms with van der Waals surface area (Å²) in [6.07, 6.45) is 2.02. The number of fused-ring (bicyclic) bond motifs is 2.